The fourth-order valence-corrected chi connectivity index (χ4v) is 3.87. The van der Waals surface area contributed by atoms with Gasteiger partial charge in [-0.15, -0.1) is 0 Å². The Morgan fingerprint density at radius 2 is 2.11 bits per heavy atom. The Balaban J connectivity index is 2.40. The number of anilines is 1. The molecule has 0 bridgehead atoms. The maximum absolute atomic E-state index is 12.5. The molecule has 1 unspecified atom stereocenters. The number of rotatable bonds is 2. The van der Waals surface area contributed by atoms with E-state index in [4.69, 9.17) is 10.5 Å². The van der Waals surface area contributed by atoms with Gasteiger partial charge in [-0.2, -0.15) is 4.31 Å². The summed E-state index contributed by atoms with van der Waals surface area (Å²) in [5, 5.41) is 0. The number of aryl methyl sites for hydroxylation is 1. The van der Waals surface area contributed by atoms with E-state index < -0.39 is 10.0 Å². The van der Waals surface area contributed by atoms with E-state index in [-0.39, 0.29) is 10.9 Å². The normalized spacial score (nSPS) is 22.0. The lowest BCUT2D eigenvalue weighted by atomic mass is 10.2. The van der Waals surface area contributed by atoms with Crippen molar-refractivity contribution in [2.45, 2.75) is 24.8 Å². The van der Waals surface area contributed by atoms with Gasteiger partial charge in [-0.05, 0) is 37.6 Å². The largest absolute Gasteiger partial charge is 0.399 e. The highest BCUT2D eigenvalue weighted by atomic mass is 32.2. The number of morpholine rings is 1. The monoisotopic (exact) mass is 270 g/mol. The molecule has 1 aromatic rings. The molecule has 1 heterocycles. The van der Waals surface area contributed by atoms with Crippen LogP contribution in [0.4, 0.5) is 5.69 Å². The molecule has 2 N–H and O–H groups in total. The summed E-state index contributed by atoms with van der Waals surface area (Å²) in [7, 11) is -3.48. The first kappa shape index (κ1) is 13.3. The molecule has 18 heavy (non-hydrogen) atoms. The smallest absolute Gasteiger partial charge is 0.243 e. The molecule has 2 rings (SSSR count). The van der Waals surface area contributed by atoms with Gasteiger partial charge < -0.3 is 10.5 Å². The second-order valence-corrected chi connectivity index (χ2v) is 6.51. The average Bonchev–Trinajstić information content (AvgIpc) is 2.28. The molecule has 100 valence electrons. The van der Waals surface area contributed by atoms with Gasteiger partial charge in [-0.25, -0.2) is 8.42 Å². The van der Waals surface area contributed by atoms with Crippen molar-refractivity contribution >= 4 is 15.7 Å². The highest BCUT2D eigenvalue weighted by Gasteiger charge is 2.31. The number of nitrogens with zero attached hydrogens (tertiary/aromatic N) is 1. The van der Waals surface area contributed by atoms with Crippen molar-refractivity contribution in [2.24, 2.45) is 0 Å². The van der Waals surface area contributed by atoms with Crippen LogP contribution in [0.25, 0.3) is 0 Å². The minimum absolute atomic E-state index is 0.148. The molecule has 1 atom stereocenters. The maximum atomic E-state index is 12.5. The van der Waals surface area contributed by atoms with Crippen LogP contribution in [0.3, 0.4) is 0 Å². The van der Waals surface area contributed by atoms with Crippen LogP contribution < -0.4 is 5.73 Å². The fraction of sp³-hybridized carbons (Fsp3) is 0.500. The van der Waals surface area contributed by atoms with Gasteiger partial charge in [0.1, 0.15) is 0 Å². The molecule has 6 heteroatoms. The lowest BCUT2D eigenvalue weighted by molar-refractivity contribution is 0.0393. The summed E-state index contributed by atoms with van der Waals surface area (Å²) in [5.74, 6) is 0. The van der Waals surface area contributed by atoms with Crippen molar-refractivity contribution in [1.29, 1.82) is 0 Å². The van der Waals surface area contributed by atoms with Crippen molar-refractivity contribution < 1.29 is 13.2 Å². The molecule has 1 aliphatic heterocycles. The van der Waals surface area contributed by atoms with E-state index in [0.717, 1.165) is 5.56 Å². The van der Waals surface area contributed by atoms with E-state index >= 15 is 0 Å². The quantitative estimate of drug-likeness (QED) is 0.813. The molecular weight excluding hydrogens is 252 g/mol. The number of hydrogen-bond donors (Lipinski definition) is 1. The number of sulfonamides is 1. The molecule has 5 nitrogen and oxygen atoms in total. The highest BCUT2D eigenvalue weighted by molar-refractivity contribution is 7.89. The van der Waals surface area contributed by atoms with Crippen LogP contribution in [0.15, 0.2) is 23.1 Å². The molecule has 0 radical (unpaired) electrons. The summed E-state index contributed by atoms with van der Waals surface area (Å²) < 4.78 is 31.8. The van der Waals surface area contributed by atoms with Gasteiger partial charge in [0, 0.05) is 18.3 Å². The third-order valence-corrected chi connectivity index (χ3v) is 4.98. The second kappa shape index (κ2) is 4.87. The van der Waals surface area contributed by atoms with Crippen LogP contribution in [0.5, 0.6) is 0 Å². The SMILES string of the molecule is Cc1cc(N)cc(S(=O)(=O)N2CCOCC2C)c1. The molecular formula is C12H18N2O3S. The Bertz CT molecular complexity index is 522. The van der Waals surface area contributed by atoms with Crippen molar-refractivity contribution in [3.63, 3.8) is 0 Å². The standard InChI is InChI=1S/C12H18N2O3S/c1-9-5-11(13)7-12(6-9)18(15,16)14-3-4-17-8-10(14)2/h5-7,10H,3-4,8,13H2,1-2H3. The predicted molar refractivity (Wildman–Crippen MR) is 69.8 cm³/mol. The van der Waals surface area contributed by atoms with Gasteiger partial charge in [0.2, 0.25) is 10.0 Å². The van der Waals surface area contributed by atoms with Crippen molar-refractivity contribution in [3.8, 4) is 0 Å². The van der Waals surface area contributed by atoms with E-state index in [1.54, 1.807) is 12.1 Å². The van der Waals surface area contributed by atoms with Crippen LogP contribution >= 0.6 is 0 Å². The van der Waals surface area contributed by atoms with Crippen LogP contribution in [0, 0.1) is 6.92 Å². The van der Waals surface area contributed by atoms with Crippen LogP contribution in [0.2, 0.25) is 0 Å². The zero-order chi connectivity index (χ0) is 13.3. The van der Waals surface area contributed by atoms with Gasteiger partial charge in [-0.3, -0.25) is 0 Å². The Morgan fingerprint density at radius 3 is 2.72 bits per heavy atom. The van der Waals surface area contributed by atoms with Crippen LogP contribution in [0.1, 0.15) is 12.5 Å². The Hall–Kier alpha value is -1.11. The molecule has 0 aromatic heterocycles. The minimum atomic E-state index is -3.48. The van der Waals surface area contributed by atoms with E-state index in [1.807, 2.05) is 13.8 Å². The summed E-state index contributed by atoms with van der Waals surface area (Å²) in [5.41, 5.74) is 7.02. The average molecular weight is 270 g/mol. The van der Waals surface area contributed by atoms with Crippen molar-refractivity contribution in [3.05, 3.63) is 23.8 Å². The first-order valence-corrected chi connectivity index (χ1v) is 7.32. The number of nitrogen functional groups attached to an aromatic ring is 1. The second-order valence-electron chi connectivity index (χ2n) is 4.62. The van der Waals surface area contributed by atoms with Crippen molar-refractivity contribution in [1.82, 2.24) is 4.31 Å². The van der Waals surface area contributed by atoms with Gasteiger partial charge in [-0.1, -0.05) is 0 Å². The lowest BCUT2D eigenvalue weighted by Crippen LogP contribution is -2.46. The first-order valence-electron chi connectivity index (χ1n) is 5.88. The lowest BCUT2D eigenvalue weighted by Gasteiger charge is -2.32. The van der Waals surface area contributed by atoms with Gasteiger partial charge in [0.05, 0.1) is 18.1 Å². The first-order chi connectivity index (χ1) is 8.41. The van der Waals surface area contributed by atoms with Crippen LogP contribution in [-0.4, -0.2) is 38.5 Å². The molecule has 0 aliphatic carbocycles. The third kappa shape index (κ3) is 2.50. The summed E-state index contributed by atoms with van der Waals surface area (Å²) >= 11 is 0. The van der Waals surface area contributed by atoms with Crippen LogP contribution in [-0.2, 0) is 14.8 Å². The zero-order valence-electron chi connectivity index (χ0n) is 10.6. The summed E-state index contributed by atoms with van der Waals surface area (Å²) in [6, 6.07) is 4.76. The topological polar surface area (TPSA) is 72.6 Å². The highest BCUT2D eigenvalue weighted by Crippen LogP contribution is 2.23. The maximum Gasteiger partial charge on any atom is 0.243 e. The summed E-state index contributed by atoms with van der Waals surface area (Å²) in [6.45, 7) is 4.93. The number of ether oxygens (including phenoxy) is 1. The Labute approximate surface area is 108 Å². The molecule has 0 spiro atoms. The fourth-order valence-electron chi connectivity index (χ4n) is 2.13. The molecule has 1 aromatic carbocycles. The molecule has 0 saturated carbocycles. The molecule has 0 amide bonds. The van der Waals surface area contributed by atoms with Gasteiger partial charge >= 0.3 is 0 Å². The van der Waals surface area contributed by atoms with Gasteiger partial charge in [0.25, 0.3) is 0 Å². The van der Waals surface area contributed by atoms with E-state index in [0.29, 0.717) is 25.4 Å². The number of hydrogen-bond acceptors (Lipinski definition) is 4. The predicted octanol–water partition coefficient (Wildman–Crippen LogP) is 0.987. The summed E-state index contributed by atoms with van der Waals surface area (Å²) in [6.07, 6.45) is 0. The molecule has 1 saturated heterocycles. The minimum Gasteiger partial charge on any atom is -0.399 e. The number of nitrogens with two attached hydrogens (primary N) is 1. The van der Waals surface area contributed by atoms with Crippen molar-refractivity contribution in [2.75, 3.05) is 25.5 Å². The Morgan fingerprint density at radius 1 is 1.39 bits per heavy atom. The van der Waals surface area contributed by atoms with E-state index in [2.05, 4.69) is 0 Å². The molecule has 1 aliphatic rings. The number of benzene rings is 1. The zero-order valence-corrected chi connectivity index (χ0v) is 11.4. The third-order valence-electron chi connectivity index (χ3n) is 2.99. The van der Waals surface area contributed by atoms with Gasteiger partial charge in [0.15, 0.2) is 0 Å². The van der Waals surface area contributed by atoms with E-state index in [9.17, 15) is 8.42 Å². The van der Waals surface area contributed by atoms with E-state index in [1.165, 1.54) is 10.4 Å². The molecule has 1 fully saturated rings. The summed E-state index contributed by atoms with van der Waals surface area (Å²) in [4.78, 5) is 0.258. The Kier molecular flexibility index (Phi) is 3.61.